The molecule has 0 spiro atoms. The first-order valence-corrected chi connectivity index (χ1v) is 11.1. The number of aromatic hydroxyl groups is 1. The smallest absolute Gasteiger partial charge is 0.119 e. The molecule has 1 heteroatoms. The van der Waals surface area contributed by atoms with Crippen LogP contribution in [0, 0.1) is 0 Å². The Morgan fingerprint density at radius 3 is 1.68 bits per heavy atom. The average molecular weight is 407 g/mol. The molecule has 0 bridgehead atoms. The quantitative estimate of drug-likeness (QED) is 0.331. The predicted molar refractivity (Wildman–Crippen MR) is 130 cm³/mol. The van der Waals surface area contributed by atoms with E-state index in [9.17, 15) is 5.11 Å². The highest BCUT2D eigenvalue weighted by molar-refractivity contribution is 5.46. The van der Waals surface area contributed by atoms with Crippen molar-refractivity contribution in [2.24, 2.45) is 0 Å². The molecule has 0 radical (unpaired) electrons. The Labute approximate surface area is 186 Å². The monoisotopic (exact) mass is 406 g/mol. The molecule has 1 N–H and O–H groups in total. The second-order valence-electron chi connectivity index (χ2n) is 8.46. The van der Waals surface area contributed by atoms with E-state index in [0.717, 1.165) is 12.0 Å². The first kappa shape index (κ1) is 20.9. The third-order valence-electron chi connectivity index (χ3n) is 6.38. The highest BCUT2D eigenvalue weighted by Crippen LogP contribution is 2.39. The molecule has 0 fully saturated rings. The van der Waals surface area contributed by atoms with Crippen molar-refractivity contribution in [2.75, 3.05) is 0 Å². The molecule has 0 heterocycles. The molecule has 4 aromatic rings. The molecule has 1 nitrogen and oxygen atoms in total. The first-order valence-electron chi connectivity index (χ1n) is 11.1. The second-order valence-corrected chi connectivity index (χ2v) is 8.46. The van der Waals surface area contributed by atoms with Crippen LogP contribution in [-0.4, -0.2) is 5.11 Å². The number of phenols is 1. The molecule has 0 aromatic heterocycles. The fraction of sp³-hybridized carbons (Fsp3) is 0.200. The number of hydrogen-bond acceptors (Lipinski definition) is 1. The lowest BCUT2D eigenvalue weighted by Crippen LogP contribution is -2.08. The molecule has 0 amide bonds. The molecular weight excluding hydrogens is 376 g/mol. The topological polar surface area (TPSA) is 20.2 Å². The zero-order valence-electron chi connectivity index (χ0n) is 18.3. The van der Waals surface area contributed by atoms with Crippen LogP contribution in [0.5, 0.6) is 5.75 Å². The van der Waals surface area contributed by atoms with E-state index in [1.807, 2.05) is 12.1 Å². The van der Waals surface area contributed by atoms with Crippen LogP contribution >= 0.6 is 0 Å². The Hall–Kier alpha value is -3.32. The van der Waals surface area contributed by atoms with Crippen LogP contribution in [0.15, 0.2) is 109 Å². The highest BCUT2D eigenvalue weighted by Gasteiger charge is 2.21. The fourth-order valence-corrected chi connectivity index (χ4v) is 4.48. The first-order chi connectivity index (χ1) is 15.1. The minimum Gasteiger partial charge on any atom is -0.508 e. The highest BCUT2D eigenvalue weighted by atomic mass is 16.3. The van der Waals surface area contributed by atoms with Gasteiger partial charge in [0.15, 0.2) is 0 Å². The van der Waals surface area contributed by atoms with E-state index < -0.39 is 0 Å². The van der Waals surface area contributed by atoms with Gasteiger partial charge in [-0.15, -0.1) is 0 Å². The van der Waals surface area contributed by atoms with Gasteiger partial charge >= 0.3 is 0 Å². The van der Waals surface area contributed by atoms with Gasteiger partial charge in [0, 0.05) is 17.4 Å². The Morgan fingerprint density at radius 2 is 1.10 bits per heavy atom. The van der Waals surface area contributed by atoms with E-state index in [1.165, 1.54) is 22.3 Å². The van der Waals surface area contributed by atoms with Crippen LogP contribution < -0.4 is 0 Å². The molecule has 0 aliphatic rings. The standard InChI is InChI=1S/C30H30O/c1-22(24-12-6-3-7-13-24)20-29(26-16-10-5-11-17-26)27-18-19-30(31)28(21-27)23(2)25-14-8-4-9-15-25/h3-19,21-23,29,31H,20H2,1-2H3. The van der Waals surface area contributed by atoms with Crippen molar-refractivity contribution in [2.45, 2.75) is 38.0 Å². The molecule has 4 aromatic carbocycles. The summed E-state index contributed by atoms with van der Waals surface area (Å²) < 4.78 is 0. The average Bonchev–Trinajstić information content (AvgIpc) is 2.84. The summed E-state index contributed by atoms with van der Waals surface area (Å²) >= 11 is 0. The van der Waals surface area contributed by atoms with Gasteiger partial charge in [-0.25, -0.2) is 0 Å². The van der Waals surface area contributed by atoms with Gasteiger partial charge in [0.05, 0.1) is 0 Å². The van der Waals surface area contributed by atoms with Crippen LogP contribution in [0.3, 0.4) is 0 Å². The minimum atomic E-state index is 0.129. The molecule has 3 atom stereocenters. The third kappa shape index (κ3) is 4.88. The maximum atomic E-state index is 10.7. The minimum absolute atomic E-state index is 0.129. The van der Waals surface area contributed by atoms with Gasteiger partial charge in [0.1, 0.15) is 5.75 Å². The van der Waals surface area contributed by atoms with Crippen molar-refractivity contribution in [1.29, 1.82) is 0 Å². The SMILES string of the molecule is CC(CC(c1ccccc1)c1ccc(O)c(C(C)c2ccccc2)c1)c1ccccc1. The summed E-state index contributed by atoms with van der Waals surface area (Å²) in [6.07, 6.45) is 1.01. The van der Waals surface area contributed by atoms with Crippen molar-refractivity contribution in [1.82, 2.24) is 0 Å². The van der Waals surface area contributed by atoms with Crippen LogP contribution in [0.1, 0.15) is 65.8 Å². The lowest BCUT2D eigenvalue weighted by atomic mass is 9.80. The molecule has 0 aliphatic carbocycles. The van der Waals surface area contributed by atoms with Crippen LogP contribution in [0.4, 0.5) is 0 Å². The summed E-state index contributed by atoms with van der Waals surface area (Å²) in [5.74, 6) is 1.18. The predicted octanol–water partition coefficient (Wildman–Crippen LogP) is 7.87. The molecule has 31 heavy (non-hydrogen) atoms. The maximum Gasteiger partial charge on any atom is 0.119 e. The van der Waals surface area contributed by atoms with Crippen LogP contribution in [-0.2, 0) is 0 Å². The van der Waals surface area contributed by atoms with Crippen LogP contribution in [0.25, 0.3) is 0 Å². The molecule has 156 valence electrons. The van der Waals surface area contributed by atoms with E-state index in [1.54, 1.807) is 0 Å². The van der Waals surface area contributed by atoms with Gasteiger partial charge in [0.25, 0.3) is 0 Å². The molecule has 0 saturated heterocycles. The van der Waals surface area contributed by atoms with Gasteiger partial charge in [-0.05, 0) is 40.7 Å². The van der Waals surface area contributed by atoms with E-state index in [-0.39, 0.29) is 11.8 Å². The largest absolute Gasteiger partial charge is 0.508 e. The zero-order chi connectivity index (χ0) is 21.6. The Kier molecular flexibility index (Phi) is 6.52. The Morgan fingerprint density at radius 1 is 0.581 bits per heavy atom. The summed E-state index contributed by atoms with van der Waals surface area (Å²) in [6, 6.07) is 38.0. The zero-order valence-corrected chi connectivity index (χ0v) is 18.3. The van der Waals surface area contributed by atoms with E-state index >= 15 is 0 Å². The van der Waals surface area contributed by atoms with E-state index in [4.69, 9.17) is 0 Å². The van der Waals surface area contributed by atoms with Crippen molar-refractivity contribution >= 4 is 0 Å². The molecule has 3 unspecified atom stereocenters. The van der Waals surface area contributed by atoms with E-state index in [2.05, 4.69) is 111 Å². The number of benzene rings is 4. The van der Waals surface area contributed by atoms with Crippen molar-refractivity contribution in [3.63, 3.8) is 0 Å². The fourth-order valence-electron chi connectivity index (χ4n) is 4.48. The van der Waals surface area contributed by atoms with Gasteiger partial charge in [0.2, 0.25) is 0 Å². The summed E-state index contributed by atoms with van der Waals surface area (Å²) in [5, 5.41) is 10.7. The van der Waals surface area contributed by atoms with Crippen LogP contribution in [0.2, 0.25) is 0 Å². The molecule has 0 aliphatic heterocycles. The summed E-state index contributed by atoms with van der Waals surface area (Å²) in [7, 11) is 0. The van der Waals surface area contributed by atoms with Gasteiger partial charge in [-0.1, -0.05) is 117 Å². The number of rotatable bonds is 7. The second kappa shape index (κ2) is 9.66. The molecular formula is C30H30O. The number of phenolic OH excluding ortho intramolecular Hbond substituents is 1. The Bertz CT molecular complexity index is 1090. The summed E-state index contributed by atoms with van der Waals surface area (Å²) in [4.78, 5) is 0. The van der Waals surface area contributed by atoms with Crippen molar-refractivity contribution < 1.29 is 5.11 Å². The third-order valence-corrected chi connectivity index (χ3v) is 6.38. The van der Waals surface area contributed by atoms with Crippen molar-refractivity contribution in [3.8, 4) is 5.75 Å². The maximum absolute atomic E-state index is 10.7. The van der Waals surface area contributed by atoms with Gasteiger partial charge in [-0.2, -0.15) is 0 Å². The Balaban J connectivity index is 1.71. The lowest BCUT2D eigenvalue weighted by molar-refractivity contribution is 0.465. The molecule has 4 rings (SSSR count). The van der Waals surface area contributed by atoms with E-state index in [0.29, 0.717) is 11.7 Å². The summed E-state index contributed by atoms with van der Waals surface area (Å²) in [6.45, 7) is 4.47. The number of hydrogen-bond donors (Lipinski definition) is 1. The van der Waals surface area contributed by atoms with Crippen molar-refractivity contribution in [3.05, 3.63) is 137 Å². The lowest BCUT2D eigenvalue weighted by Gasteiger charge is -2.24. The molecule has 0 saturated carbocycles. The normalized spacial score (nSPS) is 14.0. The van der Waals surface area contributed by atoms with Gasteiger partial charge in [-0.3, -0.25) is 0 Å². The summed E-state index contributed by atoms with van der Waals surface area (Å²) in [5.41, 5.74) is 6.12. The van der Waals surface area contributed by atoms with Gasteiger partial charge < -0.3 is 5.11 Å².